The van der Waals surface area contributed by atoms with Crippen LogP contribution in [0.25, 0.3) is 0 Å². The van der Waals surface area contributed by atoms with Crippen molar-refractivity contribution >= 4 is 0 Å². The monoisotopic (exact) mass is 276 g/mol. The van der Waals surface area contributed by atoms with E-state index in [-0.39, 0.29) is 5.75 Å². The van der Waals surface area contributed by atoms with Crippen LogP contribution in [0, 0.1) is 0 Å². The molecule has 20 heavy (non-hydrogen) atoms. The minimum Gasteiger partial charge on any atom is -0.504 e. The summed E-state index contributed by atoms with van der Waals surface area (Å²) in [6.45, 7) is 3.18. The maximum Gasteiger partial charge on any atom is 0.162 e. The molecule has 0 amide bonds. The summed E-state index contributed by atoms with van der Waals surface area (Å²) in [5, 5.41) is 13.8. The number of nitrogens with zero attached hydrogens (tertiary/aromatic N) is 1. The van der Waals surface area contributed by atoms with Crippen LogP contribution >= 0.6 is 0 Å². The molecular weight excluding hydrogens is 252 g/mol. The predicted octanol–water partition coefficient (Wildman–Crippen LogP) is 2.12. The van der Waals surface area contributed by atoms with E-state index in [1.165, 1.54) is 38.8 Å². The van der Waals surface area contributed by atoms with Crippen LogP contribution in [0.4, 0.5) is 0 Å². The van der Waals surface area contributed by atoms with Crippen molar-refractivity contribution in [2.24, 2.45) is 0 Å². The molecule has 2 atom stereocenters. The molecule has 110 valence electrons. The van der Waals surface area contributed by atoms with E-state index in [2.05, 4.69) is 10.2 Å². The molecule has 1 aromatic rings. The number of hydrogen-bond acceptors (Lipinski definition) is 4. The molecule has 4 heteroatoms. The van der Waals surface area contributed by atoms with E-state index in [1.54, 1.807) is 13.2 Å². The summed E-state index contributed by atoms with van der Waals surface area (Å²) in [7, 11) is 1.59. The summed E-state index contributed by atoms with van der Waals surface area (Å²) in [6.07, 6.45) is 5.22. The van der Waals surface area contributed by atoms with Crippen molar-refractivity contribution in [3.63, 3.8) is 0 Å². The second-order valence-electron chi connectivity index (χ2n) is 5.84. The number of phenolic OH excluding ortho intramolecular Hbond substituents is 1. The standard InChI is InChI=1S/C16H24N2O2/c1-20-15-7-4-5-12(16(15)19)11-17-13-8-10-18-9-3-2-6-14(13)18/h4-5,7,13-14,17,19H,2-3,6,8-11H2,1H3. The Hall–Kier alpha value is -1.26. The van der Waals surface area contributed by atoms with Gasteiger partial charge in [-0.1, -0.05) is 18.6 Å². The van der Waals surface area contributed by atoms with Gasteiger partial charge in [-0.15, -0.1) is 0 Å². The highest BCUT2D eigenvalue weighted by atomic mass is 16.5. The number of para-hydroxylation sites is 1. The average Bonchev–Trinajstić information content (AvgIpc) is 2.89. The Labute approximate surface area is 120 Å². The highest BCUT2D eigenvalue weighted by Gasteiger charge is 2.34. The van der Waals surface area contributed by atoms with Crippen LogP contribution < -0.4 is 10.1 Å². The zero-order valence-corrected chi connectivity index (χ0v) is 12.1. The Morgan fingerprint density at radius 2 is 2.20 bits per heavy atom. The van der Waals surface area contributed by atoms with Gasteiger partial charge in [-0.05, 0) is 31.9 Å². The Balaban J connectivity index is 1.62. The number of ether oxygens (including phenoxy) is 1. The van der Waals surface area contributed by atoms with Gasteiger partial charge in [0.2, 0.25) is 0 Å². The summed E-state index contributed by atoms with van der Waals surface area (Å²) in [4.78, 5) is 2.62. The zero-order valence-electron chi connectivity index (χ0n) is 12.1. The molecule has 0 spiro atoms. The first kappa shape index (κ1) is 13.7. The second kappa shape index (κ2) is 6.02. The van der Waals surface area contributed by atoms with Gasteiger partial charge in [-0.25, -0.2) is 0 Å². The molecule has 0 bridgehead atoms. The summed E-state index contributed by atoms with van der Waals surface area (Å²) >= 11 is 0. The average molecular weight is 276 g/mol. The summed E-state index contributed by atoms with van der Waals surface area (Å²) < 4.78 is 5.16. The third kappa shape index (κ3) is 2.63. The SMILES string of the molecule is COc1cccc(CNC2CCN3CCCCC23)c1O. The Bertz CT molecular complexity index is 464. The maximum atomic E-state index is 10.1. The topological polar surface area (TPSA) is 44.7 Å². The summed E-state index contributed by atoms with van der Waals surface area (Å²) in [5.41, 5.74) is 0.915. The van der Waals surface area contributed by atoms with E-state index in [4.69, 9.17) is 4.74 Å². The smallest absolute Gasteiger partial charge is 0.162 e. The first-order valence-corrected chi connectivity index (χ1v) is 7.62. The Morgan fingerprint density at radius 1 is 1.30 bits per heavy atom. The van der Waals surface area contributed by atoms with Crippen molar-refractivity contribution in [2.75, 3.05) is 20.2 Å². The number of rotatable bonds is 4. The van der Waals surface area contributed by atoms with E-state index in [9.17, 15) is 5.11 Å². The van der Waals surface area contributed by atoms with Crippen LogP contribution in [0.3, 0.4) is 0 Å². The van der Waals surface area contributed by atoms with Crippen molar-refractivity contribution < 1.29 is 9.84 Å². The molecule has 2 saturated heterocycles. The van der Waals surface area contributed by atoms with E-state index >= 15 is 0 Å². The van der Waals surface area contributed by atoms with Gasteiger partial charge >= 0.3 is 0 Å². The number of piperidine rings is 1. The van der Waals surface area contributed by atoms with Crippen LogP contribution in [-0.4, -0.2) is 42.3 Å². The van der Waals surface area contributed by atoms with Crippen LogP contribution in [-0.2, 0) is 6.54 Å². The fourth-order valence-electron chi connectivity index (χ4n) is 3.60. The highest BCUT2D eigenvalue weighted by molar-refractivity contribution is 5.45. The Kier molecular flexibility index (Phi) is 4.13. The first-order chi connectivity index (χ1) is 9.79. The minimum atomic E-state index is 0.265. The molecule has 2 fully saturated rings. The van der Waals surface area contributed by atoms with Crippen LogP contribution in [0.2, 0.25) is 0 Å². The molecule has 2 heterocycles. The van der Waals surface area contributed by atoms with Gasteiger partial charge in [-0.2, -0.15) is 0 Å². The van der Waals surface area contributed by atoms with Crippen molar-refractivity contribution in [1.29, 1.82) is 0 Å². The summed E-state index contributed by atoms with van der Waals surface area (Å²) in [6, 6.07) is 6.92. The van der Waals surface area contributed by atoms with Crippen molar-refractivity contribution in [3.8, 4) is 11.5 Å². The van der Waals surface area contributed by atoms with Crippen molar-refractivity contribution in [3.05, 3.63) is 23.8 Å². The molecule has 0 aliphatic carbocycles. The normalized spacial score (nSPS) is 26.4. The number of phenols is 1. The number of aromatic hydroxyl groups is 1. The van der Waals surface area contributed by atoms with Crippen LogP contribution in [0.15, 0.2) is 18.2 Å². The fraction of sp³-hybridized carbons (Fsp3) is 0.625. The number of nitrogens with one attached hydrogen (secondary N) is 1. The van der Waals surface area contributed by atoms with Crippen molar-refractivity contribution in [2.45, 2.75) is 44.3 Å². The first-order valence-electron chi connectivity index (χ1n) is 7.62. The highest BCUT2D eigenvalue weighted by Crippen LogP contribution is 2.31. The number of methoxy groups -OCH3 is 1. The van der Waals surface area contributed by atoms with E-state index in [0.717, 1.165) is 5.56 Å². The molecule has 2 aliphatic heterocycles. The third-order valence-corrected chi connectivity index (χ3v) is 4.71. The lowest BCUT2D eigenvalue weighted by molar-refractivity contribution is 0.180. The minimum absolute atomic E-state index is 0.265. The van der Waals surface area contributed by atoms with Gasteiger partial charge in [0.1, 0.15) is 0 Å². The quantitative estimate of drug-likeness (QED) is 0.884. The molecule has 4 nitrogen and oxygen atoms in total. The maximum absolute atomic E-state index is 10.1. The summed E-state index contributed by atoms with van der Waals surface area (Å²) in [5.74, 6) is 0.816. The van der Waals surface area contributed by atoms with Gasteiger partial charge in [0.15, 0.2) is 11.5 Å². The molecule has 0 radical (unpaired) electrons. The molecule has 1 aromatic carbocycles. The molecule has 0 aromatic heterocycles. The molecule has 2 aliphatic rings. The number of fused-ring (bicyclic) bond motifs is 1. The van der Waals surface area contributed by atoms with E-state index in [0.29, 0.717) is 24.4 Å². The van der Waals surface area contributed by atoms with E-state index < -0.39 is 0 Å². The number of hydrogen-bond donors (Lipinski definition) is 2. The lowest BCUT2D eigenvalue weighted by Gasteiger charge is -2.32. The second-order valence-corrected chi connectivity index (χ2v) is 5.84. The van der Waals surface area contributed by atoms with Gasteiger partial charge in [-0.3, -0.25) is 4.90 Å². The molecule has 3 rings (SSSR count). The zero-order chi connectivity index (χ0) is 13.9. The Morgan fingerprint density at radius 3 is 3.05 bits per heavy atom. The molecule has 0 saturated carbocycles. The van der Waals surface area contributed by atoms with Gasteiger partial charge in [0.05, 0.1) is 7.11 Å². The van der Waals surface area contributed by atoms with Gasteiger partial charge < -0.3 is 15.2 Å². The number of benzene rings is 1. The van der Waals surface area contributed by atoms with Crippen LogP contribution in [0.5, 0.6) is 11.5 Å². The van der Waals surface area contributed by atoms with Crippen molar-refractivity contribution in [1.82, 2.24) is 10.2 Å². The fourth-order valence-corrected chi connectivity index (χ4v) is 3.60. The molecule has 2 unspecified atom stereocenters. The third-order valence-electron chi connectivity index (χ3n) is 4.71. The van der Waals surface area contributed by atoms with Gasteiger partial charge in [0.25, 0.3) is 0 Å². The van der Waals surface area contributed by atoms with Crippen LogP contribution in [0.1, 0.15) is 31.2 Å². The largest absolute Gasteiger partial charge is 0.504 e. The molecule has 2 N–H and O–H groups in total. The van der Waals surface area contributed by atoms with E-state index in [1.807, 2.05) is 12.1 Å². The molecular formula is C16H24N2O2. The lowest BCUT2D eigenvalue weighted by Crippen LogP contribution is -2.44. The lowest BCUT2D eigenvalue weighted by atomic mass is 9.99. The van der Waals surface area contributed by atoms with Gasteiger partial charge in [0, 0.05) is 30.7 Å². The predicted molar refractivity (Wildman–Crippen MR) is 79.1 cm³/mol.